The second-order valence-corrected chi connectivity index (χ2v) is 6.25. The van der Waals surface area contributed by atoms with Crippen molar-refractivity contribution >= 4 is 45.1 Å². The molecule has 0 saturated heterocycles. The van der Waals surface area contributed by atoms with Crippen molar-refractivity contribution in [2.24, 2.45) is 0 Å². The van der Waals surface area contributed by atoms with Gasteiger partial charge in [0.05, 0.1) is 0 Å². The fraction of sp³-hybridized carbons (Fsp3) is 0.0556. The number of amides is 2. The molecule has 0 heterocycles. The first-order valence-electron chi connectivity index (χ1n) is 6.99. The lowest BCUT2D eigenvalue weighted by atomic mass is 10.1. The van der Waals surface area contributed by atoms with Crippen LogP contribution in [0.3, 0.4) is 0 Å². The summed E-state index contributed by atoms with van der Waals surface area (Å²) in [6.45, 7) is 0.510. The minimum Gasteiger partial charge on any atom is -0.334 e. The fourth-order valence-corrected chi connectivity index (χ4v) is 2.88. The van der Waals surface area contributed by atoms with Gasteiger partial charge in [-0.1, -0.05) is 42.5 Å². The number of urea groups is 1. The zero-order valence-electron chi connectivity index (χ0n) is 11.8. The van der Waals surface area contributed by atoms with Crippen LogP contribution in [0, 0.1) is 3.57 Å². The van der Waals surface area contributed by atoms with Gasteiger partial charge < -0.3 is 10.6 Å². The molecule has 0 spiro atoms. The molecular weight excluding hydrogens is 387 g/mol. The van der Waals surface area contributed by atoms with Crippen LogP contribution in [0.1, 0.15) is 5.56 Å². The number of hydrogen-bond donors (Lipinski definition) is 2. The number of anilines is 1. The van der Waals surface area contributed by atoms with Gasteiger partial charge in [0.25, 0.3) is 0 Å². The Kier molecular flexibility index (Phi) is 4.58. The van der Waals surface area contributed by atoms with Crippen LogP contribution in [-0.2, 0) is 6.54 Å². The predicted octanol–water partition coefficient (Wildman–Crippen LogP) is 4.77. The summed E-state index contributed by atoms with van der Waals surface area (Å²) in [5, 5.41) is 8.01. The lowest BCUT2D eigenvalue weighted by Crippen LogP contribution is -2.28. The number of hydrogen-bond acceptors (Lipinski definition) is 1. The summed E-state index contributed by atoms with van der Waals surface area (Å²) in [4.78, 5) is 12.0. The van der Waals surface area contributed by atoms with E-state index in [1.807, 2.05) is 54.6 Å². The standard InChI is InChI=1S/C18H15IN2O/c19-16-7-3-4-13(10-16)12-20-18(22)21-17-9-8-14-5-1-2-6-15(14)11-17/h1-11H,12H2,(H2,20,21,22). The van der Waals surface area contributed by atoms with E-state index in [1.165, 1.54) is 0 Å². The molecule has 110 valence electrons. The molecule has 0 atom stereocenters. The molecule has 0 aliphatic heterocycles. The molecule has 2 N–H and O–H groups in total. The number of halogens is 1. The van der Waals surface area contributed by atoms with E-state index in [1.54, 1.807) is 0 Å². The SMILES string of the molecule is O=C(NCc1cccc(I)c1)Nc1ccc2ccccc2c1. The summed E-state index contributed by atoms with van der Waals surface area (Å²) < 4.78 is 1.16. The molecular formula is C18H15IN2O. The van der Waals surface area contributed by atoms with Crippen molar-refractivity contribution in [1.29, 1.82) is 0 Å². The van der Waals surface area contributed by atoms with Crippen LogP contribution in [-0.4, -0.2) is 6.03 Å². The van der Waals surface area contributed by atoms with Gasteiger partial charge in [0.15, 0.2) is 0 Å². The number of carbonyl (C=O) groups excluding carboxylic acids is 1. The average Bonchev–Trinajstić information content (AvgIpc) is 2.53. The van der Waals surface area contributed by atoms with Crippen molar-refractivity contribution in [2.75, 3.05) is 5.32 Å². The maximum atomic E-state index is 12.0. The molecule has 3 rings (SSSR count). The van der Waals surface area contributed by atoms with Crippen LogP contribution >= 0.6 is 22.6 Å². The normalized spacial score (nSPS) is 10.4. The van der Waals surface area contributed by atoms with Crippen molar-refractivity contribution in [1.82, 2.24) is 5.32 Å². The second-order valence-electron chi connectivity index (χ2n) is 5.00. The van der Waals surface area contributed by atoms with Crippen molar-refractivity contribution in [2.45, 2.75) is 6.54 Å². The van der Waals surface area contributed by atoms with Gasteiger partial charge in [0.1, 0.15) is 0 Å². The number of nitrogens with one attached hydrogen (secondary N) is 2. The third kappa shape index (κ3) is 3.76. The van der Waals surface area contributed by atoms with E-state index in [9.17, 15) is 4.79 Å². The van der Waals surface area contributed by atoms with Gasteiger partial charge in [0.2, 0.25) is 0 Å². The molecule has 0 aliphatic rings. The lowest BCUT2D eigenvalue weighted by molar-refractivity contribution is 0.251. The Labute approximate surface area is 142 Å². The second kappa shape index (κ2) is 6.79. The zero-order chi connectivity index (χ0) is 15.4. The molecule has 0 bridgehead atoms. The van der Waals surface area contributed by atoms with Gasteiger partial charge in [-0.15, -0.1) is 0 Å². The van der Waals surface area contributed by atoms with Crippen molar-refractivity contribution < 1.29 is 4.79 Å². The number of rotatable bonds is 3. The van der Waals surface area contributed by atoms with Crippen LogP contribution in [0.15, 0.2) is 66.7 Å². The minimum absolute atomic E-state index is 0.200. The molecule has 0 saturated carbocycles. The highest BCUT2D eigenvalue weighted by molar-refractivity contribution is 14.1. The van der Waals surface area contributed by atoms with E-state index in [4.69, 9.17) is 0 Å². The van der Waals surface area contributed by atoms with E-state index in [2.05, 4.69) is 45.4 Å². The maximum Gasteiger partial charge on any atom is 0.319 e. The Morgan fingerprint density at radius 1 is 0.909 bits per heavy atom. The zero-order valence-corrected chi connectivity index (χ0v) is 14.0. The quantitative estimate of drug-likeness (QED) is 0.610. The maximum absolute atomic E-state index is 12.0. The minimum atomic E-state index is -0.200. The fourth-order valence-electron chi connectivity index (χ4n) is 2.27. The summed E-state index contributed by atoms with van der Waals surface area (Å²) >= 11 is 2.26. The molecule has 0 fully saturated rings. The summed E-state index contributed by atoms with van der Waals surface area (Å²) in [6.07, 6.45) is 0. The molecule has 3 aromatic carbocycles. The van der Waals surface area contributed by atoms with E-state index in [-0.39, 0.29) is 6.03 Å². The highest BCUT2D eigenvalue weighted by Crippen LogP contribution is 2.18. The predicted molar refractivity (Wildman–Crippen MR) is 99.0 cm³/mol. The molecule has 3 nitrogen and oxygen atoms in total. The summed E-state index contributed by atoms with van der Waals surface area (Å²) in [7, 11) is 0. The van der Waals surface area contributed by atoms with E-state index in [0.717, 1.165) is 25.6 Å². The van der Waals surface area contributed by atoms with E-state index >= 15 is 0 Å². The van der Waals surface area contributed by atoms with Gasteiger partial charge in [-0.05, 0) is 63.2 Å². The topological polar surface area (TPSA) is 41.1 Å². The molecule has 4 heteroatoms. The van der Waals surface area contributed by atoms with E-state index in [0.29, 0.717) is 6.54 Å². The van der Waals surface area contributed by atoms with Crippen LogP contribution in [0.5, 0.6) is 0 Å². The largest absolute Gasteiger partial charge is 0.334 e. The average molecular weight is 402 g/mol. The molecule has 0 aromatic heterocycles. The van der Waals surface area contributed by atoms with Gasteiger partial charge >= 0.3 is 6.03 Å². The van der Waals surface area contributed by atoms with Gasteiger partial charge in [-0.2, -0.15) is 0 Å². The Hall–Kier alpha value is -2.08. The van der Waals surface area contributed by atoms with Crippen LogP contribution in [0.4, 0.5) is 10.5 Å². The monoisotopic (exact) mass is 402 g/mol. The lowest BCUT2D eigenvalue weighted by Gasteiger charge is -2.09. The van der Waals surface area contributed by atoms with Crippen LogP contribution < -0.4 is 10.6 Å². The molecule has 3 aromatic rings. The van der Waals surface area contributed by atoms with Crippen molar-refractivity contribution in [3.8, 4) is 0 Å². The smallest absolute Gasteiger partial charge is 0.319 e. The van der Waals surface area contributed by atoms with Crippen molar-refractivity contribution in [3.05, 3.63) is 75.9 Å². The van der Waals surface area contributed by atoms with Gasteiger partial charge in [-0.3, -0.25) is 0 Å². The molecule has 0 unspecified atom stereocenters. The molecule has 2 amide bonds. The van der Waals surface area contributed by atoms with E-state index < -0.39 is 0 Å². The summed E-state index contributed by atoms with van der Waals surface area (Å²) in [5.41, 5.74) is 1.87. The number of carbonyl (C=O) groups is 1. The Morgan fingerprint density at radius 2 is 1.73 bits per heavy atom. The Bertz CT molecular complexity index is 817. The third-order valence-corrected chi connectivity index (χ3v) is 4.02. The highest BCUT2D eigenvalue weighted by Gasteiger charge is 2.03. The summed E-state index contributed by atoms with van der Waals surface area (Å²) in [6, 6.07) is 21.8. The first-order valence-corrected chi connectivity index (χ1v) is 8.07. The first kappa shape index (κ1) is 14.8. The van der Waals surface area contributed by atoms with Crippen LogP contribution in [0.25, 0.3) is 10.8 Å². The molecule has 22 heavy (non-hydrogen) atoms. The van der Waals surface area contributed by atoms with Gasteiger partial charge in [-0.25, -0.2) is 4.79 Å². The number of fused-ring (bicyclic) bond motifs is 1. The highest BCUT2D eigenvalue weighted by atomic mass is 127. The molecule has 0 radical (unpaired) electrons. The van der Waals surface area contributed by atoms with Crippen molar-refractivity contribution in [3.63, 3.8) is 0 Å². The Morgan fingerprint density at radius 3 is 2.55 bits per heavy atom. The Balaban J connectivity index is 1.63. The van der Waals surface area contributed by atoms with Crippen LogP contribution in [0.2, 0.25) is 0 Å². The number of benzene rings is 3. The third-order valence-electron chi connectivity index (χ3n) is 3.35. The molecule has 0 aliphatic carbocycles. The first-order chi connectivity index (χ1) is 10.7. The van der Waals surface area contributed by atoms with Gasteiger partial charge in [0, 0.05) is 15.8 Å². The summed E-state index contributed by atoms with van der Waals surface area (Å²) in [5.74, 6) is 0.